The molecule has 6 aromatic heterocycles. The molecule has 0 spiro atoms. The number of aryl methyl sites for hydroxylation is 2. The molecule has 2 aromatic carbocycles. The van der Waals surface area contributed by atoms with Gasteiger partial charge in [-0.25, -0.2) is 19.9 Å². The summed E-state index contributed by atoms with van der Waals surface area (Å²) >= 11 is 12.1. The molecule has 0 saturated carbocycles. The second kappa shape index (κ2) is 18.2. The summed E-state index contributed by atoms with van der Waals surface area (Å²) in [5.41, 5.74) is 5.80. The number of pyridine rings is 4. The van der Waals surface area contributed by atoms with Gasteiger partial charge in [0.15, 0.2) is 0 Å². The van der Waals surface area contributed by atoms with Gasteiger partial charge in [-0.15, -0.1) is 0 Å². The first-order valence-electron chi connectivity index (χ1n) is 17.9. The van der Waals surface area contributed by atoms with Gasteiger partial charge in [-0.3, -0.25) is 19.6 Å². The molecule has 0 atom stereocenters. The lowest BCUT2D eigenvalue weighted by molar-refractivity contribution is 0.0940. The summed E-state index contributed by atoms with van der Waals surface area (Å²) in [5.74, 6) is -0.382. The van der Waals surface area contributed by atoms with Crippen molar-refractivity contribution in [2.75, 3.05) is 13.1 Å². The number of imidazole rings is 2. The van der Waals surface area contributed by atoms with Crippen molar-refractivity contribution < 1.29 is 9.59 Å². The molecule has 56 heavy (non-hydrogen) atoms. The zero-order valence-electron chi connectivity index (χ0n) is 30.1. The first-order chi connectivity index (χ1) is 27.4. The Labute approximate surface area is 332 Å². The summed E-state index contributed by atoms with van der Waals surface area (Å²) in [6.45, 7) is 2.74. The Morgan fingerprint density at radius 1 is 0.571 bits per heavy atom. The molecule has 12 nitrogen and oxygen atoms in total. The van der Waals surface area contributed by atoms with Crippen molar-refractivity contribution in [2.45, 2.75) is 25.9 Å². The van der Waals surface area contributed by atoms with Gasteiger partial charge in [-0.1, -0.05) is 47.5 Å². The van der Waals surface area contributed by atoms with E-state index in [1.807, 2.05) is 82.2 Å². The number of carbonyl (C=O) groups excluding carboxylic acids is 2. The number of fused-ring (bicyclic) bond motifs is 2. The topological polar surface area (TPSA) is 145 Å². The largest absolute Gasteiger partial charge is 0.351 e. The van der Waals surface area contributed by atoms with E-state index in [0.29, 0.717) is 34.5 Å². The summed E-state index contributed by atoms with van der Waals surface area (Å²) in [6, 6.07) is 22.2. The summed E-state index contributed by atoms with van der Waals surface area (Å²) in [5, 5.41) is 8.90. The van der Waals surface area contributed by atoms with E-state index in [1.54, 1.807) is 62.0 Å². The van der Waals surface area contributed by atoms with Crippen molar-refractivity contribution in [3.05, 3.63) is 156 Å². The molecule has 0 aliphatic carbocycles. The number of carbonyl (C=O) groups is 2. The van der Waals surface area contributed by atoms with E-state index in [2.05, 4.69) is 40.5 Å². The number of hydrogen-bond acceptors (Lipinski definition) is 8. The van der Waals surface area contributed by atoms with Crippen LogP contribution in [0, 0.1) is 0 Å². The molecule has 8 aromatic rings. The van der Waals surface area contributed by atoms with E-state index in [4.69, 9.17) is 23.2 Å². The molecule has 0 saturated heterocycles. The van der Waals surface area contributed by atoms with E-state index >= 15 is 0 Å². The van der Waals surface area contributed by atoms with Crippen molar-refractivity contribution in [1.82, 2.24) is 49.7 Å². The lowest BCUT2D eigenvalue weighted by atomic mass is 10.0. The first-order valence-corrected chi connectivity index (χ1v) is 18.7. The van der Waals surface area contributed by atoms with Crippen molar-refractivity contribution >= 4 is 56.8 Å². The third-order valence-electron chi connectivity index (χ3n) is 8.83. The average molecular weight is 784 g/mol. The Kier molecular flexibility index (Phi) is 12.3. The molecule has 14 heteroatoms. The van der Waals surface area contributed by atoms with Gasteiger partial charge in [0, 0.05) is 108 Å². The lowest BCUT2D eigenvalue weighted by Gasteiger charge is -2.09. The maximum Gasteiger partial charge on any atom is 0.269 e. The van der Waals surface area contributed by atoms with Crippen LogP contribution in [0.1, 0.15) is 33.8 Å². The minimum absolute atomic E-state index is 0.189. The predicted molar refractivity (Wildman–Crippen MR) is 218 cm³/mol. The second-order valence-corrected chi connectivity index (χ2v) is 13.6. The van der Waals surface area contributed by atoms with Gasteiger partial charge in [-0.2, -0.15) is 0 Å². The predicted octanol–water partition coefficient (Wildman–Crippen LogP) is 7.93. The second-order valence-electron chi connectivity index (χ2n) is 12.7. The van der Waals surface area contributed by atoms with Gasteiger partial charge >= 0.3 is 0 Å². The molecule has 0 aliphatic heterocycles. The van der Waals surface area contributed by atoms with Crippen LogP contribution < -0.4 is 10.6 Å². The third-order valence-corrected chi connectivity index (χ3v) is 9.32. The fraction of sp³-hybridized carbons (Fsp3) is 0.143. The number of nitrogens with zero attached hydrogens (tertiary/aromatic N) is 8. The number of halogens is 2. The van der Waals surface area contributed by atoms with E-state index < -0.39 is 0 Å². The number of nitrogens with one attached hydrogen (secondary N) is 2. The van der Waals surface area contributed by atoms with Crippen molar-refractivity contribution in [3.63, 3.8) is 0 Å². The SMILES string of the molecule is O=C(NCCCn1ccnc1)c1ccc2cncc(-c3ccc(Cl)cc3)c2n1.O=C(NCCCn1ccnc1)c1ccc2cncc(-c3cccc(Cl)c3)c2n1. The summed E-state index contributed by atoms with van der Waals surface area (Å²) < 4.78 is 3.95. The van der Waals surface area contributed by atoms with E-state index in [9.17, 15) is 9.59 Å². The fourth-order valence-electron chi connectivity index (χ4n) is 5.99. The zero-order chi connectivity index (χ0) is 38.7. The number of rotatable bonds is 12. The molecule has 2 amide bonds. The minimum Gasteiger partial charge on any atom is -0.351 e. The number of amides is 2. The quantitative estimate of drug-likeness (QED) is 0.119. The third kappa shape index (κ3) is 9.59. The highest BCUT2D eigenvalue weighted by Crippen LogP contribution is 2.29. The number of aromatic nitrogens is 8. The van der Waals surface area contributed by atoms with Crippen molar-refractivity contribution in [1.29, 1.82) is 0 Å². The van der Waals surface area contributed by atoms with Crippen molar-refractivity contribution in [2.24, 2.45) is 0 Å². The van der Waals surface area contributed by atoms with Crippen LogP contribution in [0.3, 0.4) is 0 Å². The van der Waals surface area contributed by atoms with Gasteiger partial charge in [0.1, 0.15) is 11.4 Å². The monoisotopic (exact) mass is 782 g/mol. The van der Waals surface area contributed by atoms with Crippen LogP contribution in [0.15, 0.2) is 135 Å². The van der Waals surface area contributed by atoms with Crippen LogP contribution in [-0.4, -0.2) is 63.9 Å². The number of hydrogen-bond donors (Lipinski definition) is 2. The summed E-state index contributed by atoms with van der Waals surface area (Å²) in [6.07, 6.45) is 19.4. The molecule has 8 rings (SSSR count). The van der Waals surface area contributed by atoms with Crippen LogP contribution in [0.4, 0.5) is 0 Å². The molecule has 0 bridgehead atoms. The molecule has 2 N–H and O–H groups in total. The molecule has 0 unspecified atom stereocenters. The Morgan fingerprint density at radius 3 is 1.61 bits per heavy atom. The maximum atomic E-state index is 12.5. The van der Waals surface area contributed by atoms with Crippen LogP contribution in [0.25, 0.3) is 44.1 Å². The van der Waals surface area contributed by atoms with Gasteiger partial charge in [0.05, 0.1) is 23.7 Å². The van der Waals surface area contributed by atoms with Crippen LogP contribution in [0.2, 0.25) is 10.0 Å². The zero-order valence-corrected chi connectivity index (χ0v) is 31.6. The smallest absolute Gasteiger partial charge is 0.269 e. The standard InChI is InChI=1S/2C21H18ClN5O/c22-17-5-2-15(3-6-17)18-13-24-12-16-4-7-19(26-20(16)18)21(28)25-8-1-10-27-11-9-23-14-27;22-17-4-1-3-15(11-17)18-13-24-12-16-5-6-19(26-20(16)18)21(28)25-7-2-9-27-10-8-23-14-27/h2-7,9,11-14H,1,8,10H2,(H,25,28);1,3-6,8,10-14H,2,7,9H2,(H,25,28). The summed E-state index contributed by atoms with van der Waals surface area (Å²) in [7, 11) is 0. The van der Waals surface area contributed by atoms with Crippen LogP contribution >= 0.6 is 23.2 Å². The molecule has 0 radical (unpaired) electrons. The molecule has 0 fully saturated rings. The highest BCUT2D eigenvalue weighted by molar-refractivity contribution is 6.31. The maximum absolute atomic E-state index is 12.5. The van der Waals surface area contributed by atoms with Gasteiger partial charge in [0.25, 0.3) is 11.8 Å². The van der Waals surface area contributed by atoms with Gasteiger partial charge < -0.3 is 19.8 Å². The Morgan fingerprint density at radius 2 is 1.11 bits per heavy atom. The Bertz CT molecular complexity index is 2560. The molecule has 280 valence electrons. The summed E-state index contributed by atoms with van der Waals surface area (Å²) in [4.78, 5) is 50.8. The lowest BCUT2D eigenvalue weighted by Crippen LogP contribution is -2.26. The fourth-order valence-corrected chi connectivity index (χ4v) is 6.31. The highest BCUT2D eigenvalue weighted by Gasteiger charge is 2.13. The van der Waals surface area contributed by atoms with E-state index in [-0.39, 0.29) is 11.8 Å². The Balaban J connectivity index is 0.000000172. The normalized spacial score (nSPS) is 10.9. The highest BCUT2D eigenvalue weighted by atomic mass is 35.5. The van der Waals surface area contributed by atoms with Gasteiger partial charge in [-0.05, 0) is 72.5 Å². The molecule has 0 aliphatic rings. The number of benzene rings is 2. The molecular weight excluding hydrogens is 747 g/mol. The molecule has 6 heterocycles. The first kappa shape index (κ1) is 37.8. The Hall–Kier alpha value is -6.50. The van der Waals surface area contributed by atoms with E-state index in [1.165, 1.54) is 0 Å². The minimum atomic E-state index is -0.193. The van der Waals surface area contributed by atoms with Crippen LogP contribution in [0.5, 0.6) is 0 Å². The van der Waals surface area contributed by atoms with Gasteiger partial charge in [0.2, 0.25) is 0 Å². The van der Waals surface area contributed by atoms with Crippen molar-refractivity contribution in [3.8, 4) is 22.3 Å². The molecular formula is C42H36Cl2N10O2. The average Bonchev–Trinajstić information content (AvgIpc) is 3.96. The van der Waals surface area contributed by atoms with Crippen LogP contribution in [-0.2, 0) is 13.1 Å². The van der Waals surface area contributed by atoms with E-state index in [0.717, 1.165) is 70.0 Å².